The quantitative estimate of drug-likeness (QED) is 0.626. The second-order valence-electron chi connectivity index (χ2n) is 1.61. The first kappa shape index (κ1) is 6.29. The Bertz CT molecular complexity index is 205. The second kappa shape index (κ2) is 2.64. The number of allylic oxidation sites excluding steroid dienone is 1. The molecule has 0 saturated heterocycles. The Morgan fingerprint density at radius 1 is 1.89 bits per heavy atom. The maximum Gasteiger partial charge on any atom is 0.155 e. The van der Waals surface area contributed by atoms with Crippen molar-refractivity contribution in [1.82, 2.24) is 4.98 Å². The molecular formula is C6H7N2S. The lowest BCUT2D eigenvalue weighted by molar-refractivity contribution is 1.30. The van der Waals surface area contributed by atoms with Gasteiger partial charge in [-0.1, -0.05) is 6.08 Å². The van der Waals surface area contributed by atoms with Gasteiger partial charge in [0.15, 0.2) is 5.51 Å². The van der Waals surface area contributed by atoms with Crippen LogP contribution in [0.4, 0.5) is 5.82 Å². The van der Waals surface area contributed by atoms with E-state index < -0.39 is 0 Å². The third kappa shape index (κ3) is 1.29. The largest absolute Gasteiger partial charge is 0.383 e. The van der Waals surface area contributed by atoms with Crippen LogP contribution in [0.25, 0.3) is 0 Å². The lowest BCUT2D eigenvalue weighted by Gasteiger charge is -1.87. The summed E-state index contributed by atoms with van der Waals surface area (Å²) in [6.45, 7) is 3.59. The maximum absolute atomic E-state index is 5.45. The van der Waals surface area contributed by atoms with E-state index in [0.29, 0.717) is 5.82 Å². The van der Waals surface area contributed by atoms with E-state index in [1.54, 1.807) is 6.08 Å². The molecule has 0 spiro atoms. The van der Waals surface area contributed by atoms with Crippen LogP contribution in [0.15, 0.2) is 12.7 Å². The third-order valence-corrected chi connectivity index (χ3v) is 1.76. The first-order valence-corrected chi connectivity index (χ1v) is 3.38. The monoisotopic (exact) mass is 139 g/mol. The van der Waals surface area contributed by atoms with E-state index in [1.165, 1.54) is 11.3 Å². The van der Waals surface area contributed by atoms with Crippen LogP contribution >= 0.6 is 11.3 Å². The van der Waals surface area contributed by atoms with Crippen LogP contribution in [-0.2, 0) is 6.42 Å². The average molecular weight is 139 g/mol. The van der Waals surface area contributed by atoms with E-state index in [4.69, 9.17) is 5.73 Å². The van der Waals surface area contributed by atoms with Gasteiger partial charge in [0.1, 0.15) is 5.82 Å². The van der Waals surface area contributed by atoms with Gasteiger partial charge in [-0.2, -0.15) is 0 Å². The Balaban J connectivity index is 2.80. The molecule has 1 aromatic rings. The SMILES string of the molecule is C=CCc1s[c]nc1N. The van der Waals surface area contributed by atoms with E-state index in [2.05, 4.69) is 17.1 Å². The highest BCUT2D eigenvalue weighted by Crippen LogP contribution is 2.14. The molecule has 0 fully saturated rings. The number of rotatable bonds is 2. The minimum atomic E-state index is 0.583. The summed E-state index contributed by atoms with van der Waals surface area (Å²) in [6.07, 6.45) is 2.60. The molecule has 0 aliphatic heterocycles. The number of nitrogens with zero attached hydrogens (tertiary/aromatic N) is 1. The van der Waals surface area contributed by atoms with Gasteiger partial charge in [0.25, 0.3) is 0 Å². The highest BCUT2D eigenvalue weighted by molar-refractivity contribution is 7.09. The molecule has 0 aliphatic rings. The van der Waals surface area contributed by atoms with E-state index in [0.717, 1.165) is 11.3 Å². The molecule has 9 heavy (non-hydrogen) atoms. The van der Waals surface area contributed by atoms with Crippen molar-refractivity contribution in [1.29, 1.82) is 0 Å². The standard InChI is InChI=1S/C6H7N2S/c1-2-3-5-6(7)8-4-9-5/h2H,1,3,7H2. The molecule has 3 heteroatoms. The molecule has 47 valence electrons. The van der Waals surface area contributed by atoms with Crippen molar-refractivity contribution in [2.45, 2.75) is 6.42 Å². The summed E-state index contributed by atoms with van der Waals surface area (Å²) < 4.78 is 0. The minimum absolute atomic E-state index is 0.583. The fourth-order valence-corrected chi connectivity index (χ4v) is 1.12. The number of nitrogens with two attached hydrogens (primary N) is 1. The van der Waals surface area contributed by atoms with Crippen molar-refractivity contribution in [3.05, 3.63) is 23.0 Å². The van der Waals surface area contributed by atoms with Gasteiger partial charge >= 0.3 is 0 Å². The summed E-state index contributed by atoms with van der Waals surface area (Å²) in [5, 5.41) is 0. The zero-order valence-corrected chi connectivity index (χ0v) is 5.74. The van der Waals surface area contributed by atoms with E-state index in [-0.39, 0.29) is 0 Å². The fraction of sp³-hybridized carbons (Fsp3) is 0.167. The Kier molecular flexibility index (Phi) is 1.85. The molecule has 0 aliphatic carbocycles. The number of aromatic nitrogens is 1. The van der Waals surface area contributed by atoms with Gasteiger partial charge in [0, 0.05) is 6.42 Å². The van der Waals surface area contributed by atoms with Crippen molar-refractivity contribution < 1.29 is 0 Å². The van der Waals surface area contributed by atoms with Crippen LogP contribution in [0.2, 0.25) is 0 Å². The first-order valence-electron chi connectivity index (χ1n) is 2.56. The summed E-state index contributed by atoms with van der Waals surface area (Å²) in [6, 6.07) is 0. The molecule has 1 aromatic heterocycles. The molecule has 0 atom stereocenters. The smallest absolute Gasteiger partial charge is 0.155 e. The van der Waals surface area contributed by atoms with Crippen LogP contribution < -0.4 is 5.73 Å². The Labute approximate surface area is 58.0 Å². The topological polar surface area (TPSA) is 38.9 Å². The minimum Gasteiger partial charge on any atom is -0.383 e. The molecular weight excluding hydrogens is 132 g/mol. The Hall–Kier alpha value is -0.830. The van der Waals surface area contributed by atoms with Gasteiger partial charge in [0.2, 0.25) is 0 Å². The predicted octanol–water partition coefficient (Wildman–Crippen LogP) is 1.25. The van der Waals surface area contributed by atoms with Gasteiger partial charge in [-0.3, -0.25) is 0 Å². The van der Waals surface area contributed by atoms with Crippen molar-refractivity contribution in [3.63, 3.8) is 0 Å². The Morgan fingerprint density at radius 2 is 2.67 bits per heavy atom. The number of anilines is 1. The zero-order chi connectivity index (χ0) is 6.69. The molecule has 0 amide bonds. The highest BCUT2D eigenvalue weighted by Gasteiger charge is 1.97. The molecule has 1 radical (unpaired) electrons. The number of hydrogen-bond acceptors (Lipinski definition) is 3. The van der Waals surface area contributed by atoms with Gasteiger partial charge in [-0.15, -0.1) is 17.9 Å². The first-order chi connectivity index (χ1) is 4.34. The summed E-state index contributed by atoms with van der Waals surface area (Å²) in [5.41, 5.74) is 8.15. The third-order valence-electron chi connectivity index (χ3n) is 0.950. The Morgan fingerprint density at radius 3 is 3.11 bits per heavy atom. The average Bonchev–Trinajstić information content (AvgIpc) is 2.18. The van der Waals surface area contributed by atoms with Crippen LogP contribution in [-0.4, -0.2) is 4.98 Å². The van der Waals surface area contributed by atoms with Gasteiger partial charge in [-0.25, -0.2) is 4.98 Å². The van der Waals surface area contributed by atoms with Crippen molar-refractivity contribution in [3.8, 4) is 0 Å². The van der Waals surface area contributed by atoms with E-state index in [9.17, 15) is 0 Å². The lowest BCUT2D eigenvalue weighted by atomic mass is 10.3. The molecule has 0 aromatic carbocycles. The fourth-order valence-electron chi connectivity index (χ4n) is 0.519. The number of nitrogen functional groups attached to an aromatic ring is 1. The summed E-state index contributed by atoms with van der Waals surface area (Å²) in [7, 11) is 0. The predicted molar refractivity (Wildman–Crippen MR) is 39.3 cm³/mol. The lowest BCUT2D eigenvalue weighted by Crippen LogP contribution is -1.88. The maximum atomic E-state index is 5.45. The van der Waals surface area contributed by atoms with E-state index in [1.807, 2.05) is 0 Å². The van der Waals surface area contributed by atoms with Crippen LogP contribution in [0.3, 0.4) is 0 Å². The van der Waals surface area contributed by atoms with Crippen molar-refractivity contribution in [2.75, 3.05) is 5.73 Å². The molecule has 1 rings (SSSR count). The molecule has 2 nitrogen and oxygen atoms in total. The van der Waals surface area contributed by atoms with E-state index >= 15 is 0 Å². The highest BCUT2D eigenvalue weighted by atomic mass is 32.1. The van der Waals surface area contributed by atoms with Gasteiger partial charge in [0.05, 0.1) is 4.88 Å². The molecule has 1 heterocycles. The van der Waals surface area contributed by atoms with Crippen LogP contribution in [0.1, 0.15) is 4.88 Å². The van der Waals surface area contributed by atoms with Gasteiger partial charge < -0.3 is 5.73 Å². The normalized spacial score (nSPS) is 9.33. The number of thiazole rings is 1. The van der Waals surface area contributed by atoms with Crippen molar-refractivity contribution >= 4 is 17.2 Å². The van der Waals surface area contributed by atoms with Crippen LogP contribution in [0, 0.1) is 5.51 Å². The van der Waals surface area contributed by atoms with Crippen LogP contribution in [0.5, 0.6) is 0 Å². The van der Waals surface area contributed by atoms with Gasteiger partial charge in [-0.05, 0) is 0 Å². The zero-order valence-electron chi connectivity index (χ0n) is 4.92. The summed E-state index contributed by atoms with van der Waals surface area (Å²) >= 11 is 1.44. The number of hydrogen-bond donors (Lipinski definition) is 1. The molecule has 2 N–H and O–H groups in total. The molecule has 0 unspecified atom stereocenters. The summed E-state index contributed by atoms with van der Waals surface area (Å²) in [5.74, 6) is 0.583. The van der Waals surface area contributed by atoms with Crippen molar-refractivity contribution in [2.24, 2.45) is 0 Å². The second-order valence-corrected chi connectivity index (χ2v) is 2.49. The molecule has 0 saturated carbocycles. The summed E-state index contributed by atoms with van der Waals surface area (Å²) in [4.78, 5) is 4.81. The molecule has 0 bridgehead atoms.